The average molecular weight is 287 g/mol. The topological polar surface area (TPSA) is 28.2 Å². The number of hydrogen-bond donors (Lipinski definition) is 1. The summed E-state index contributed by atoms with van der Waals surface area (Å²) in [7, 11) is 0. The summed E-state index contributed by atoms with van der Waals surface area (Å²) in [6.45, 7) is 3.56. The summed E-state index contributed by atoms with van der Waals surface area (Å²) in [6, 6.07) is 11.4. The van der Waals surface area contributed by atoms with Crippen molar-refractivity contribution in [2.75, 3.05) is 25.0 Å². The number of nitrogens with one attached hydrogen (secondary N) is 1. The van der Waals surface area contributed by atoms with Crippen molar-refractivity contribution in [3.63, 3.8) is 0 Å². The Labute approximate surface area is 124 Å². The van der Waals surface area contributed by atoms with Crippen molar-refractivity contribution in [3.05, 3.63) is 47.5 Å². The Bertz CT molecular complexity index is 490. The molecule has 0 aliphatic carbocycles. The van der Waals surface area contributed by atoms with Crippen LogP contribution in [0.15, 0.2) is 41.9 Å². The van der Waals surface area contributed by atoms with Crippen molar-refractivity contribution in [1.29, 1.82) is 0 Å². The molecule has 0 saturated carbocycles. The molecule has 0 spiro atoms. The highest BCUT2D eigenvalue weighted by Crippen LogP contribution is 2.18. The number of anilines is 1. The first-order valence-corrected chi connectivity index (χ1v) is 8.20. The van der Waals surface area contributed by atoms with Gasteiger partial charge in [-0.1, -0.05) is 30.3 Å². The molecule has 1 aliphatic rings. The van der Waals surface area contributed by atoms with E-state index in [0.29, 0.717) is 6.04 Å². The van der Waals surface area contributed by atoms with Crippen LogP contribution in [0.4, 0.5) is 5.13 Å². The van der Waals surface area contributed by atoms with Crippen molar-refractivity contribution < 1.29 is 0 Å². The normalized spacial score (nSPS) is 17.2. The number of aromatic nitrogens is 1. The molecule has 1 aromatic carbocycles. The van der Waals surface area contributed by atoms with Crippen LogP contribution in [-0.4, -0.2) is 35.6 Å². The Balaban J connectivity index is 1.40. The quantitative estimate of drug-likeness (QED) is 0.915. The fourth-order valence-corrected chi connectivity index (χ4v) is 3.31. The van der Waals surface area contributed by atoms with E-state index >= 15 is 0 Å². The van der Waals surface area contributed by atoms with Crippen LogP contribution < -0.4 is 5.32 Å². The highest BCUT2D eigenvalue weighted by molar-refractivity contribution is 7.13. The molecule has 106 valence electrons. The number of likely N-dealkylation sites (tertiary alicyclic amines) is 1. The van der Waals surface area contributed by atoms with Crippen molar-refractivity contribution in [2.24, 2.45) is 0 Å². The molecular formula is C16H21N3S. The van der Waals surface area contributed by atoms with Crippen molar-refractivity contribution in [1.82, 2.24) is 9.88 Å². The van der Waals surface area contributed by atoms with Gasteiger partial charge in [0.2, 0.25) is 0 Å². The van der Waals surface area contributed by atoms with Crippen LogP contribution in [0, 0.1) is 0 Å². The fraction of sp³-hybridized carbons (Fsp3) is 0.438. The second-order valence-corrected chi connectivity index (χ2v) is 6.23. The first-order chi connectivity index (χ1) is 9.90. The molecule has 0 bridgehead atoms. The second-order valence-electron chi connectivity index (χ2n) is 5.33. The Morgan fingerprint density at radius 2 is 2.00 bits per heavy atom. The first kappa shape index (κ1) is 13.6. The molecule has 1 aromatic heterocycles. The van der Waals surface area contributed by atoms with E-state index in [1.165, 1.54) is 38.0 Å². The zero-order chi connectivity index (χ0) is 13.6. The molecule has 1 fully saturated rings. The van der Waals surface area contributed by atoms with E-state index < -0.39 is 0 Å². The zero-order valence-corrected chi connectivity index (χ0v) is 12.5. The minimum atomic E-state index is 0.592. The van der Waals surface area contributed by atoms with Crippen LogP contribution >= 0.6 is 11.3 Å². The molecule has 2 aromatic rings. The lowest BCUT2D eigenvalue weighted by atomic mass is 10.0. The number of benzene rings is 1. The minimum absolute atomic E-state index is 0.592. The zero-order valence-electron chi connectivity index (χ0n) is 11.7. The van der Waals surface area contributed by atoms with Gasteiger partial charge in [0.05, 0.1) is 0 Å². The van der Waals surface area contributed by atoms with E-state index in [-0.39, 0.29) is 0 Å². The molecule has 3 nitrogen and oxygen atoms in total. The van der Waals surface area contributed by atoms with Crippen LogP contribution in [0.2, 0.25) is 0 Å². The average Bonchev–Trinajstić information content (AvgIpc) is 3.01. The third-order valence-corrected chi connectivity index (χ3v) is 4.61. The van der Waals surface area contributed by atoms with Gasteiger partial charge in [0, 0.05) is 37.3 Å². The maximum Gasteiger partial charge on any atom is 0.182 e. The highest BCUT2D eigenvalue weighted by Gasteiger charge is 2.19. The molecule has 0 atom stereocenters. The van der Waals surface area contributed by atoms with E-state index in [2.05, 4.69) is 45.5 Å². The predicted octanol–water partition coefficient (Wildman–Crippen LogP) is 3.26. The Kier molecular flexibility index (Phi) is 4.66. The molecule has 1 saturated heterocycles. The third kappa shape index (κ3) is 3.81. The van der Waals surface area contributed by atoms with Gasteiger partial charge in [-0.3, -0.25) is 0 Å². The van der Waals surface area contributed by atoms with Gasteiger partial charge in [-0.05, 0) is 24.8 Å². The first-order valence-electron chi connectivity index (χ1n) is 7.32. The van der Waals surface area contributed by atoms with E-state index in [9.17, 15) is 0 Å². The van der Waals surface area contributed by atoms with Crippen molar-refractivity contribution in [2.45, 2.75) is 25.3 Å². The number of rotatable bonds is 5. The molecule has 4 heteroatoms. The summed E-state index contributed by atoms with van der Waals surface area (Å²) in [5.41, 5.74) is 1.44. The molecule has 20 heavy (non-hydrogen) atoms. The number of nitrogens with zero attached hydrogens (tertiary/aromatic N) is 2. The molecule has 1 N–H and O–H groups in total. The van der Waals surface area contributed by atoms with Gasteiger partial charge in [0.1, 0.15) is 0 Å². The Morgan fingerprint density at radius 3 is 2.70 bits per heavy atom. The third-order valence-electron chi connectivity index (χ3n) is 3.91. The molecule has 3 rings (SSSR count). The predicted molar refractivity (Wildman–Crippen MR) is 85.3 cm³/mol. The monoisotopic (exact) mass is 287 g/mol. The lowest BCUT2D eigenvalue weighted by Gasteiger charge is -2.32. The van der Waals surface area contributed by atoms with Crippen LogP contribution in [0.5, 0.6) is 0 Å². The summed E-state index contributed by atoms with van der Waals surface area (Å²) in [6.07, 6.45) is 5.45. The number of thiazole rings is 1. The maximum atomic E-state index is 4.30. The van der Waals surface area contributed by atoms with Gasteiger partial charge >= 0.3 is 0 Å². The summed E-state index contributed by atoms with van der Waals surface area (Å²) in [5, 5.41) is 6.62. The minimum Gasteiger partial charge on any atom is -0.359 e. The number of hydrogen-bond acceptors (Lipinski definition) is 4. The maximum absolute atomic E-state index is 4.30. The molecule has 0 unspecified atom stereocenters. The highest BCUT2D eigenvalue weighted by atomic mass is 32.1. The SMILES string of the molecule is c1ccc(CCN2CCC(Nc3nccs3)CC2)cc1. The van der Waals surface area contributed by atoms with Gasteiger partial charge < -0.3 is 10.2 Å². The van der Waals surface area contributed by atoms with Crippen molar-refractivity contribution in [3.8, 4) is 0 Å². The summed E-state index contributed by atoms with van der Waals surface area (Å²) in [4.78, 5) is 6.88. The van der Waals surface area contributed by atoms with E-state index in [4.69, 9.17) is 0 Å². The van der Waals surface area contributed by atoms with Crippen LogP contribution in [-0.2, 0) is 6.42 Å². The van der Waals surface area contributed by atoms with Gasteiger partial charge in [0.25, 0.3) is 0 Å². The van der Waals surface area contributed by atoms with Gasteiger partial charge in [-0.2, -0.15) is 0 Å². The van der Waals surface area contributed by atoms with Crippen LogP contribution in [0.1, 0.15) is 18.4 Å². The standard InChI is InChI=1S/C16H21N3S/c1-2-4-14(5-3-1)6-10-19-11-7-15(8-12-19)18-16-17-9-13-20-16/h1-5,9,13,15H,6-8,10-12H2,(H,17,18). The van der Waals surface area contributed by atoms with Gasteiger partial charge in [-0.15, -0.1) is 11.3 Å². The number of piperidine rings is 1. The van der Waals surface area contributed by atoms with E-state index in [0.717, 1.165) is 11.6 Å². The lowest BCUT2D eigenvalue weighted by Crippen LogP contribution is -2.39. The van der Waals surface area contributed by atoms with Crippen LogP contribution in [0.25, 0.3) is 0 Å². The summed E-state index contributed by atoms with van der Waals surface area (Å²) >= 11 is 1.69. The van der Waals surface area contributed by atoms with Crippen LogP contribution in [0.3, 0.4) is 0 Å². The lowest BCUT2D eigenvalue weighted by molar-refractivity contribution is 0.221. The molecular weight excluding hydrogens is 266 g/mol. The van der Waals surface area contributed by atoms with Gasteiger partial charge in [-0.25, -0.2) is 4.98 Å². The molecule has 1 aliphatic heterocycles. The molecule has 0 amide bonds. The largest absolute Gasteiger partial charge is 0.359 e. The van der Waals surface area contributed by atoms with E-state index in [1.807, 2.05) is 11.6 Å². The second kappa shape index (κ2) is 6.86. The molecule has 0 radical (unpaired) electrons. The summed E-state index contributed by atoms with van der Waals surface area (Å²) in [5.74, 6) is 0. The summed E-state index contributed by atoms with van der Waals surface area (Å²) < 4.78 is 0. The fourth-order valence-electron chi connectivity index (χ4n) is 2.70. The Morgan fingerprint density at radius 1 is 1.20 bits per heavy atom. The van der Waals surface area contributed by atoms with E-state index in [1.54, 1.807) is 11.3 Å². The smallest absolute Gasteiger partial charge is 0.182 e. The van der Waals surface area contributed by atoms with Gasteiger partial charge in [0.15, 0.2) is 5.13 Å². The van der Waals surface area contributed by atoms with Crippen molar-refractivity contribution >= 4 is 16.5 Å². The Hall–Kier alpha value is -1.39. The molecule has 2 heterocycles.